The highest BCUT2D eigenvalue weighted by molar-refractivity contribution is 5.90. The number of carboxylic acids is 1. The molecule has 0 aromatic rings. The van der Waals surface area contributed by atoms with Crippen LogP contribution in [-0.4, -0.2) is 46.2 Å². The number of carbonyl (C=O) groups is 3. The third-order valence-corrected chi connectivity index (χ3v) is 2.35. The zero-order valence-electron chi connectivity index (χ0n) is 10.9. The molecular formula is C11H20N2O5. The van der Waals surface area contributed by atoms with Crippen molar-refractivity contribution in [1.82, 2.24) is 10.6 Å². The van der Waals surface area contributed by atoms with Gasteiger partial charge in [0.15, 0.2) is 6.04 Å². The summed E-state index contributed by atoms with van der Waals surface area (Å²) in [6.07, 6.45) is -1.23. The summed E-state index contributed by atoms with van der Waals surface area (Å²) < 4.78 is 0. The third kappa shape index (κ3) is 5.13. The second-order valence-corrected chi connectivity index (χ2v) is 4.49. The lowest BCUT2D eigenvalue weighted by atomic mass is 10.0. The van der Waals surface area contributed by atoms with E-state index in [-0.39, 0.29) is 11.8 Å². The molecular weight excluding hydrogens is 240 g/mol. The molecule has 4 N–H and O–H groups in total. The summed E-state index contributed by atoms with van der Waals surface area (Å²) >= 11 is 0. The van der Waals surface area contributed by atoms with Gasteiger partial charge in [-0.1, -0.05) is 13.8 Å². The van der Waals surface area contributed by atoms with Crippen molar-refractivity contribution in [3.63, 3.8) is 0 Å². The zero-order valence-corrected chi connectivity index (χ0v) is 10.9. The first-order valence-corrected chi connectivity index (χ1v) is 5.65. The van der Waals surface area contributed by atoms with Gasteiger partial charge in [-0.05, 0) is 12.8 Å². The maximum Gasteiger partial charge on any atom is 0.328 e. The number of amides is 2. The van der Waals surface area contributed by atoms with E-state index in [4.69, 9.17) is 5.11 Å². The van der Waals surface area contributed by atoms with E-state index in [1.165, 1.54) is 13.8 Å². The Balaban J connectivity index is 4.77. The van der Waals surface area contributed by atoms with Gasteiger partial charge in [0.25, 0.3) is 0 Å². The van der Waals surface area contributed by atoms with E-state index >= 15 is 0 Å². The largest absolute Gasteiger partial charge is 0.480 e. The van der Waals surface area contributed by atoms with Crippen LogP contribution in [0.5, 0.6) is 0 Å². The number of aliphatic hydroxyl groups is 1. The number of carboxylic acid groups (broad SMARTS) is 1. The molecule has 18 heavy (non-hydrogen) atoms. The minimum atomic E-state index is -1.40. The van der Waals surface area contributed by atoms with Crippen molar-refractivity contribution >= 4 is 17.8 Å². The van der Waals surface area contributed by atoms with Crippen LogP contribution in [0.3, 0.4) is 0 Å². The lowest BCUT2D eigenvalue weighted by Gasteiger charge is -2.24. The van der Waals surface area contributed by atoms with Gasteiger partial charge in [0.05, 0.1) is 6.10 Å². The van der Waals surface area contributed by atoms with Crippen molar-refractivity contribution in [3.8, 4) is 0 Å². The average molecular weight is 260 g/mol. The molecule has 7 nitrogen and oxygen atoms in total. The zero-order chi connectivity index (χ0) is 14.5. The Labute approximate surface area is 106 Å². The Morgan fingerprint density at radius 2 is 1.50 bits per heavy atom. The average Bonchev–Trinajstić information content (AvgIpc) is 2.20. The number of hydrogen-bond donors (Lipinski definition) is 4. The summed E-state index contributed by atoms with van der Waals surface area (Å²) in [4.78, 5) is 33.6. The summed E-state index contributed by atoms with van der Waals surface area (Å²) in [6, 6.07) is -2.23. The van der Waals surface area contributed by atoms with Crippen LogP contribution < -0.4 is 10.6 Å². The van der Waals surface area contributed by atoms with Crippen LogP contribution in [-0.2, 0) is 14.4 Å². The number of hydrogen-bond acceptors (Lipinski definition) is 4. The van der Waals surface area contributed by atoms with E-state index in [1.54, 1.807) is 13.8 Å². The SMILES string of the molecule is CC(=O)NC(C(=O)NC(C(=O)O)C(C)O)C(C)C. The van der Waals surface area contributed by atoms with Crippen LogP contribution in [0.2, 0.25) is 0 Å². The van der Waals surface area contributed by atoms with Gasteiger partial charge in [-0.2, -0.15) is 0 Å². The predicted octanol–water partition coefficient (Wildman–Crippen LogP) is -0.903. The van der Waals surface area contributed by atoms with Gasteiger partial charge in [-0.25, -0.2) is 4.79 Å². The standard InChI is InChI=1S/C11H20N2O5/c1-5(2)8(12-7(4)15)10(16)13-9(6(3)14)11(17)18/h5-6,8-9,14H,1-4H3,(H,12,15)(H,13,16)(H,17,18). The van der Waals surface area contributed by atoms with E-state index in [0.717, 1.165) is 0 Å². The Hall–Kier alpha value is -1.63. The summed E-state index contributed by atoms with van der Waals surface area (Å²) in [6.45, 7) is 5.98. The monoisotopic (exact) mass is 260 g/mol. The van der Waals surface area contributed by atoms with Gasteiger partial charge in [-0.3, -0.25) is 9.59 Å². The third-order valence-electron chi connectivity index (χ3n) is 2.35. The van der Waals surface area contributed by atoms with Crippen LogP contribution in [0.1, 0.15) is 27.7 Å². The highest BCUT2D eigenvalue weighted by Crippen LogP contribution is 2.03. The van der Waals surface area contributed by atoms with Crippen LogP contribution in [0.25, 0.3) is 0 Å². The second-order valence-electron chi connectivity index (χ2n) is 4.49. The number of nitrogens with one attached hydrogen (secondary N) is 2. The first kappa shape index (κ1) is 16.4. The topological polar surface area (TPSA) is 116 Å². The van der Waals surface area contributed by atoms with Gasteiger partial charge in [0, 0.05) is 6.92 Å². The summed E-state index contributed by atoms with van der Waals surface area (Å²) in [5.41, 5.74) is 0. The van der Waals surface area contributed by atoms with Gasteiger partial charge in [0.2, 0.25) is 11.8 Å². The number of rotatable bonds is 6. The van der Waals surface area contributed by atoms with Crippen molar-refractivity contribution < 1.29 is 24.6 Å². The lowest BCUT2D eigenvalue weighted by molar-refractivity contribution is -0.145. The molecule has 0 saturated heterocycles. The van der Waals surface area contributed by atoms with Crippen molar-refractivity contribution in [1.29, 1.82) is 0 Å². The molecule has 0 aliphatic heterocycles. The van der Waals surface area contributed by atoms with E-state index in [0.29, 0.717) is 0 Å². The molecule has 0 spiro atoms. The highest BCUT2D eigenvalue weighted by Gasteiger charge is 2.30. The molecule has 0 bridgehead atoms. The lowest BCUT2D eigenvalue weighted by Crippen LogP contribution is -2.56. The number of aliphatic hydroxyl groups excluding tert-OH is 1. The Morgan fingerprint density at radius 3 is 1.78 bits per heavy atom. The molecule has 0 fully saturated rings. The summed E-state index contributed by atoms with van der Waals surface area (Å²) in [7, 11) is 0. The van der Waals surface area contributed by atoms with Gasteiger partial charge in [-0.15, -0.1) is 0 Å². The van der Waals surface area contributed by atoms with Gasteiger partial charge < -0.3 is 20.8 Å². The highest BCUT2D eigenvalue weighted by atomic mass is 16.4. The number of aliphatic carboxylic acids is 1. The quantitative estimate of drug-likeness (QED) is 0.494. The fourth-order valence-electron chi connectivity index (χ4n) is 1.39. The maximum atomic E-state index is 11.8. The molecule has 0 aromatic carbocycles. The van der Waals surface area contributed by atoms with Crippen molar-refractivity contribution in [3.05, 3.63) is 0 Å². The molecule has 3 unspecified atom stereocenters. The van der Waals surface area contributed by atoms with Crippen LogP contribution in [0.15, 0.2) is 0 Å². The van der Waals surface area contributed by atoms with Crippen LogP contribution in [0.4, 0.5) is 0 Å². The van der Waals surface area contributed by atoms with Crippen molar-refractivity contribution in [2.45, 2.75) is 45.9 Å². The van der Waals surface area contributed by atoms with Crippen LogP contribution >= 0.6 is 0 Å². The first-order chi connectivity index (χ1) is 8.16. The fraction of sp³-hybridized carbons (Fsp3) is 0.727. The number of carbonyl (C=O) groups excluding carboxylic acids is 2. The molecule has 0 radical (unpaired) electrons. The van der Waals surface area contributed by atoms with E-state index in [1.807, 2.05) is 0 Å². The Kier molecular flexibility index (Phi) is 6.32. The fourth-order valence-corrected chi connectivity index (χ4v) is 1.39. The van der Waals surface area contributed by atoms with Crippen molar-refractivity contribution in [2.24, 2.45) is 5.92 Å². The molecule has 0 rings (SSSR count). The second kappa shape index (κ2) is 6.95. The van der Waals surface area contributed by atoms with E-state index < -0.39 is 30.1 Å². The van der Waals surface area contributed by atoms with Gasteiger partial charge >= 0.3 is 5.97 Å². The Bertz CT molecular complexity index is 327. The van der Waals surface area contributed by atoms with Crippen LogP contribution in [0, 0.1) is 5.92 Å². The molecule has 0 aliphatic carbocycles. The molecule has 0 saturated carbocycles. The molecule has 0 aliphatic rings. The summed E-state index contributed by atoms with van der Waals surface area (Å²) in [5.74, 6) is -2.54. The minimum Gasteiger partial charge on any atom is -0.480 e. The maximum absolute atomic E-state index is 11.8. The molecule has 3 atom stereocenters. The first-order valence-electron chi connectivity index (χ1n) is 5.65. The predicted molar refractivity (Wildman–Crippen MR) is 63.7 cm³/mol. The normalized spacial score (nSPS) is 15.7. The Morgan fingerprint density at radius 1 is 1.00 bits per heavy atom. The smallest absolute Gasteiger partial charge is 0.328 e. The van der Waals surface area contributed by atoms with E-state index in [9.17, 15) is 19.5 Å². The summed E-state index contributed by atoms with van der Waals surface area (Å²) in [5, 5.41) is 22.7. The minimum absolute atomic E-state index is 0.197. The molecule has 0 heterocycles. The molecule has 0 aromatic heterocycles. The van der Waals surface area contributed by atoms with Crippen molar-refractivity contribution in [2.75, 3.05) is 0 Å². The van der Waals surface area contributed by atoms with Gasteiger partial charge in [0.1, 0.15) is 6.04 Å². The van der Waals surface area contributed by atoms with E-state index in [2.05, 4.69) is 10.6 Å². The molecule has 2 amide bonds. The molecule has 7 heteroatoms. The molecule has 104 valence electrons.